The van der Waals surface area contributed by atoms with Gasteiger partial charge in [0.15, 0.2) is 5.13 Å². The van der Waals surface area contributed by atoms with E-state index in [9.17, 15) is 9.59 Å². The van der Waals surface area contributed by atoms with E-state index >= 15 is 0 Å². The molecule has 0 aliphatic rings. The smallest absolute Gasteiger partial charge is 0.349 e. The average molecular weight is 382 g/mol. The molecule has 0 atom stereocenters. The van der Waals surface area contributed by atoms with E-state index in [-0.39, 0.29) is 5.56 Å². The van der Waals surface area contributed by atoms with Gasteiger partial charge in [0.1, 0.15) is 22.6 Å². The van der Waals surface area contributed by atoms with Crippen LogP contribution in [0.15, 0.2) is 51.7 Å². The highest BCUT2D eigenvalue weighted by atomic mass is 32.1. The molecular weight excluding hydrogens is 368 g/mol. The van der Waals surface area contributed by atoms with Crippen LogP contribution in [0.25, 0.3) is 21.2 Å². The molecule has 4 rings (SSSR count). The Morgan fingerprint density at radius 1 is 1.07 bits per heavy atom. The van der Waals surface area contributed by atoms with Crippen molar-refractivity contribution in [3.63, 3.8) is 0 Å². The summed E-state index contributed by atoms with van der Waals surface area (Å²) >= 11 is 1.29. The normalized spacial score (nSPS) is 10.9. The predicted octanol–water partition coefficient (Wildman–Crippen LogP) is 3.67. The standard InChI is InChI=1S/C19H14N2O5S/c1-24-11-4-6-15-10(7-11)8-13(18(23)26-15)17(22)21-19-20-14-5-3-12(25-2)9-16(14)27-19/h3-9H,1-2H3,(H,20,21,22). The lowest BCUT2D eigenvalue weighted by molar-refractivity contribution is 0.102. The quantitative estimate of drug-likeness (QED) is 0.542. The van der Waals surface area contributed by atoms with Crippen molar-refractivity contribution in [3.05, 3.63) is 58.4 Å². The number of nitrogens with one attached hydrogen (secondary N) is 1. The molecular formula is C19H14N2O5S. The van der Waals surface area contributed by atoms with Crippen molar-refractivity contribution in [1.29, 1.82) is 0 Å². The Hall–Kier alpha value is -3.39. The topological polar surface area (TPSA) is 90.7 Å². The third-order valence-electron chi connectivity index (χ3n) is 4.00. The third kappa shape index (κ3) is 3.22. The first-order valence-corrected chi connectivity index (χ1v) is 8.77. The number of aromatic nitrogens is 1. The van der Waals surface area contributed by atoms with Crippen molar-refractivity contribution in [3.8, 4) is 11.5 Å². The lowest BCUT2D eigenvalue weighted by Crippen LogP contribution is -2.20. The number of fused-ring (bicyclic) bond motifs is 2. The second kappa shape index (κ2) is 6.73. The van der Waals surface area contributed by atoms with Gasteiger partial charge in [-0.1, -0.05) is 11.3 Å². The van der Waals surface area contributed by atoms with Crippen molar-refractivity contribution in [2.45, 2.75) is 0 Å². The number of carbonyl (C=O) groups excluding carboxylic acids is 1. The predicted molar refractivity (Wildman–Crippen MR) is 103 cm³/mol. The van der Waals surface area contributed by atoms with Gasteiger partial charge in [0.2, 0.25) is 0 Å². The van der Waals surface area contributed by atoms with Crippen LogP contribution in [0.1, 0.15) is 10.4 Å². The van der Waals surface area contributed by atoms with Crippen molar-refractivity contribution >= 4 is 43.6 Å². The average Bonchev–Trinajstić information content (AvgIpc) is 3.08. The molecule has 1 N–H and O–H groups in total. The molecule has 0 unspecified atom stereocenters. The minimum Gasteiger partial charge on any atom is -0.497 e. The molecule has 0 aliphatic carbocycles. The Labute approximate surface area is 157 Å². The molecule has 0 saturated carbocycles. The number of hydrogen-bond donors (Lipinski definition) is 1. The van der Waals surface area contributed by atoms with Gasteiger partial charge in [-0.15, -0.1) is 0 Å². The van der Waals surface area contributed by atoms with Gasteiger partial charge in [0, 0.05) is 5.39 Å². The lowest BCUT2D eigenvalue weighted by Gasteiger charge is -2.04. The number of thiazole rings is 1. The highest BCUT2D eigenvalue weighted by Crippen LogP contribution is 2.29. The SMILES string of the molecule is COc1ccc2oc(=O)c(C(=O)Nc3nc4ccc(OC)cc4s3)cc2c1. The van der Waals surface area contributed by atoms with Crippen LogP contribution in [0, 0.1) is 0 Å². The van der Waals surface area contributed by atoms with Crippen LogP contribution in [0.2, 0.25) is 0 Å². The molecule has 0 radical (unpaired) electrons. The van der Waals surface area contributed by atoms with Gasteiger partial charge in [0.05, 0.1) is 24.4 Å². The number of ether oxygens (including phenoxy) is 2. The van der Waals surface area contributed by atoms with Gasteiger partial charge in [-0.05, 0) is 42.5 Å². The summed E-state index contributed by atoms with van der Waals surface area (Å²) in [5.74, 6) is 0.718. The molecule has 27 heavy (non-hydrogen) atoms. The maximum Gasteiger partial charge on any atom is 0.349 e. The summed E-state index contributed by atoms with van der Waals surface area (Å²) in [6.45, 7) is 0. The van der Waals surface area contributed by atoms with Gasteiger partial charge in [-0.2, -0.15) is 0 Å². The van der Waals surface area contributed by atoms with Crippen LogP contribution >= 0.6 is 11.3 Å². The van der Waals surface area contributed by atoms with E-state index < -0.39 is 11.5 Å². The van der Waals surface area contributed by atoms with Crippen molar-refractivity contribution < 1.29 is 18.7 Å². The summed E-state index contributed by atoms with van der Waals surface area (Å²) in [6.07, 6.45) is 0. The number of methoxy groups -OCH3 is 2. The van der Waals surface area contributed by atoms with Gasteiger partial charge in [-0.3, -0.25) is 10.1 Å². The summed E-state index contributed by atoms with van der Waals surface area (Å²) in [7, 11) is 3.12. The first-order valence-electron chi connectivity index (χ1n) is 7.95. The van der Waals surface area contributed by atoms with Crippen LogP contribution < -0.4 is 20.4 Å². The maximum atomic E-state index is 12.6. The van der Waals surface area contributed by atoms with E-state index in [0.717, 1.165) is 10.2 Å². The minimum atomic E-state index is -0.715. The Balaban J connectivity index is 1.68. The van der Waals surface area contributed by atoms with Crippen molar-refractivity contribution in [2.24, 2.45) is 0 Å². The fourth-order valence-electron chi connectivity index (χ4n) is 2.64. The van der Waals surface area contributed by atoms with E-state index in [4.69, 9.17) is 13.9 Å². The van der Waals surface area contributed by atoms with E-state index in [1.807, 2.05) is 6.07 Å². The molecule has 0 saturated heterocycles. The summed E-state index contributed by atoms with van der Waals surface area (Å²) in [5, 5.41) is 3.63. The maximum absolute atomic E-state index is 12.6. The molecule has 0 spiro atoms. The minimum absolute atomic E-state index is 0.104. The van der Waals surface area contributed by atoms with Crippen LogP contribution in [-0.2, 0) is 0 Å². The van der Waals surface area contributed by atoms with Crippen LogP contribution in [0.5, 0.6) is 11.5 Å². The molecule has 7 nitrogen and oxygen atoms in total. The van der Waals surface area contributed by atoms with Gasteiger partial charge < -0.3 is 13.9 Å². The molecule has 8 heteroatoms. The number of amides is 1. The lowest BCUT2D eigenvalue weighted by atomic mass is 10.1. The molecule has 2 aromatic carbocycles. The van der Waals surface area contributed by atoms with Crippen molar-refractivity contribution in [2.75, 3.05) is 19.5 Å². The van der Waals surface area contributed by atoms with Crippen LogP contribution in [0.4, 0.5) is 5.13 Å². The van der Waals surface area contributed by atoms with Gasteiger partial charge >= 0.3 is 5.63 Å². The first kappa shape index (κ1) is 17.0. The third-order valence-corrected chi connectivity index (χ3v) is 4.93. The molecule has 1 amide bonds. The second-order valence-electron chi connectivity index (χ2n) is 5.66. The number of anilines is 1. The van der Waals surface area contributed by atoms with Gasteiger partial charge in [0.25, 0.3) is 5.91 Å². The molecule has 0 aliphatic heterocycles. The van der Waals surface area contributed by atoms with E-state index in [1.54, 1.807) is 37.4 Å². The zero-order valence-electron chi connectivity index (χ0n) is 14.4. The number of hydrogen-bond acceptors (Lipinski definition) is 7. The summed E-state index contributed by atoms with van der Waals surface area (Å²) in [4.78, 5) is 29.1. The summed E-state index contributed by atoms with van der Waals surface area (Å²) in [5.41, 5.74) is 0.288. The fraction of sp³-hybridized carbons (Fsp3) is 0.105. The molecule has 4 aromatic rings. The van der Waals surface area contributed by atoms with Crippen LogP contribution in [0.3, 0.4) is 0 Å². The Morgan fingerprint density at radius 2 is 1.81 bits per heavy atom. The number of benzene rings is 2. The Morgan fingerprint density at radius 3 is 2.59 bits per heavy atom. The molecule has 0 fully saturated rings. The first-order chi connectivity index (χ1) is 13.1. The van der Waals surface area contributed by atoms with E-state index in [0.29, 0.717) is 27.6 Å². The number of carbonyl (C=O) groups is 1. The van der Waals surface area contributed by atoms with Crippen molar-refractivity contribution in [1.82, 2.24) is 4.98 Å². The number of nitrogens with zero attached hydrogens (tertiary/aromatic N) is 1. The molecule has 2 aromatic heterocycles. The summed E-state index contributed by atoms with van der Waals surface area (Å²) < 4.78 is 16.4. The Kier molecular flexibility index (Phi) is 4.25. The number of rotatable bonds is 4. The molecule has 2 heterocycles. The van der Waals surface area contributed by atoms with E-state index in [1.165, 1.54) is 24.5 Å². The Bertz CT molecular complexity index is 1230. The monoisotopic (exact) mass is 382 g/mol. The zero-order valence-corrected chi connectivity index (χ0v) is 15.3. The largest absolute Gasteiger partial charge is 0.497 e. The van der Waals surface area contributed by atoms with Crippen LogP contribution in [-0.4, -0.2) is 25.1 Å². The zero-order chi connectivity index (χ0) is 19.0. The molecule has 0 bridgehead atoms. The van der Waals surface area contributed by atoms with E-state index in [2.05, 4.69) is 10.3 Å². The fourth-order valence-corrected chi connectivity index (χ4v) is 3.53. The van der Waals surface area contributed by atoms with Gasteiger partial charge in [-0.25, -0.2) is 9.78 Å². The molecule has 136 valence electrons. The second-order valence-corrected chi connectivity index (χ2v) is 6.69. The highest BCUT2D eigenvalue weighted by Gasteiger charge is 2.16. The summed E-state index contributed by atoms with van der Waals surface area (Å²) in [6, 6.07) is 11.9. The highest BCUT2D eigenvalue weighted by molar-refractivity contribution is 7.22.